The Labute approximate surface area is 257 Å². The molecule has 0 unspecified atom stereocenters. The van der Waals surface area contributed by atoms with Crippen molar-refractivity contribution in [2.45, 2.75) is 5.16 Å². The number of benzene rings is 2. The molecule has 0 saturated carbocycles. The van der Waals surface area contributed by atoms with Crippen molar-refractivity contribution in [1.29, 1.82) is 0 Å². The van der Waals surface area contributed by atoms with E-state index < -0.39 is 22.8 Å². The molecule has 4 aromatic heterocycles. The van der Waals surface area contributed by atoms with Crippen LogP contribution in [0.15, 0.2) is 87.8 Å². The number of nitrogen functional groups attached to an aromatic ring is 1. The first-order valence-corrected chi connectivity index (χ1v) is 13.6. The fraction of sp³-hybridized carbons (Fsp3) is 0.103. The molecule has 2 aromatic carbocycles. The summed E-state index contributed by atoms with van der Waals surface area (Å²) in [7, 11) is 4.43. The normalized spacial score (nSPS) is 10.9. The lowest BCUT2D eigenvalue weighted by atomic mass is 10.3. The fourth-order valence-corrected chi connectivity index (χ4v) is 4.32. The molecule has 0 bridgehead atoms. The quantitative estimate of drug-likeness (QED) is 0.112. The molecule has 4 heterocycles. The van der Waals surface area contributed by atoms with Gasteiger partial charge in [0, 0.05) is 37.3 Å². The Kier molecular flexibility index (Phi) is 9.27. The van der Waals surface area contributed by atoms with Crippen molar-refractivity contribution >= 4 is 40.1 Å². The van der Waals surface area contributed by atoms with Crippen LogP contribution in [0.5, 0.6) is 23.0 Å². The summed E-state index contributed by atoms with van der Waals surface area (Å²) in [5.74, 6) is -1.12. The lowest BCUT2D eigenvalue weighted by Crippen LogP contribution is -2.19. The lowest BCUT2D eigenvalue weighted by Gasteiger charge is -2.10. The standard InChI is InChI=1S/C15H12FN3O4S.C14H11FN4O2/c1-19-13-9(8-17-15(18-13)24-23-21-2)7-12(14(19)20)22-11-6-4-3-5-10(11)16;1-19-12-8(7-17-14(16)18-12)6-11(13(19)20)21-10-5-3-2-4-9(10)15/h3-8H,1-2H3;2-7H,1H3,(H2,16,17,18). The van der Waals surface area contributed by atoms with E-state index >= 15 is 0 Å². The number of nitrogens with zero attached hydrogens (tertiary/aromatic N) is 6. The van der Waals surface area contributed by atoms with E-state index in [0.717, 1.165) is 12.0 Å². The summed E-state index contributed by atoms with van der Waals surface area (Å²) in [5.41, 5.74) is 5.38. The van der Waals surface area contributed by atoms with E-state index in [2.05, 4.69) is 24.8 Å². The summed E-state index contributed by atoms with van der Waals surface area (Å²) in [6.45, 7) is 0. The third-order valence-electron chi connectivity index (χ3n) is 6.12. The molecule has 0 radical (unpaired) electrons. The Morgan fingerprint density at radius 1 is 0.733 bits per heavy atom. The topological polar surface area (TPSA) is 158 Å². The van der Waals surface area contributed by atoms with Crippen LogP contribution in [0.4, 0.5) is 14.7 Å². The van der Waals surface area contributed by atoms with Crippen molar-refractivity contribution in [2.75, 3.05) is 12.8 Å². The number of ether oxygens (including phenoxy) is 2. The highest BCUT2D eigenvalue weighted by Gasteiger charge is 2.14. The first-order chi connectivity index (χ1) is 21.7. The molecule has 0 saturated heterocycles. The maximum atomic E-state index is 13.7. The van der Waals surface area contributed by atoms with Gasteiger partial charge in [0.1, 0.15) is 23.3 Å². The molecule has 0 aliphatic heterocycles. The highest BCUT2D eigenvalue weighted by Crippen LogP contribution is 2.26. The zero-order valence-corrected chi connectivity index (χ0v) is 24.6. The number of hydrogen-bond acceptors (Lipinski definition) is 12. The number of aryl methyl sites for hydroxylation is 2. The van der Waals surface area contributed by atoms with Crippen molar-refractivity contribution in [3.8, 4) is 23.0 Å². The van der Waals surface area contributed by atoms with E-state index in [1.54, 1.807) is 12.1 Å². The van der Waals surface area contributed by atoms with Gasteiger partial charge in [-0.15, -0.1) is 0 Å². The van der Waals surface area contributed by atoms with E-state index in [9.17, 15) is 18.4 Å². The molecule has 0 amide bonds. The van der Waals surface area contributed by atoms with Gasteiger partial charge in [-0.05, 0) is 36.4 Å². The van der Waals surface area contributed by atoms with E-state index in [-0.39, 0.29) is 34.1 Å². The molecule has 0 aliphatic rings. The van der Waals surface area contributed by atoms with Gasteiger partial charge in [0.2, 0.25) is 11.1 Å². The maximum Gasteiger partial charge on any atom is 0.294 e. The Hall–Kier alpha value is -5.45. The van der Waals surface area contributed by atoms with Gasteiger partial charge in [-0.1, -0.05) is 24.3 Å². The van der Waals surface area contributed by atoms with Crippen molar-refractivity contribution in [2.24, 2.45) is 14.1 Å². The SMILES string of the molecule is COOSc1ncc2cc(Oc3ccccc3F)c(=O)n(C)c2n1.Cn1c(=O)c(Oc2ccccc2F)cc2cnc(N)nc21. The van der Waals surface area contributed by atoms with Gasteiger partial charge in [0.25, 0.3) is 11.1 Å². The number of hydrogen-bond donors (Lipinski definition) is 1. The molecule has 0 spiro atoms. The number of halogens is 2. The molecule has 6 aromatic rings. The molecular formula is C29H23F2N7O6S. The van der Waals surface area contributed by atoms with Crippen molar-refractivity contribution in [3.63, 3.8) is 0 Å². The van der Waals surface area contributed by atoms with Crippen LogP contribution >= 0.6 is 12.0 Å². The molecule has 2 N–H and O–H groups in total. The summed E-state index contributed by atoms with van der Waals surface area (Å²) >= 11 is 0.818. The van der Waals surface area contributed by atoms with Gasteiger partial charge in [0.05, 0.1) is 7.11 Å². The number of aromatic nitrogens is 6. The fourth-order valence-electron chi connectivity index (χ4n) is 3.97. The molecule has 16 heteroatoms. The summed E-state index contributed by atoms with van der Waals surface area (Å²) in [6.07, 6.45) is 2.99. The molecule has 13 nitrogen and oxygen atoms in total. The lowest BCUT2D eigenvalue weighted by molar-refractivity contribution is -0.160. The summed E-state index contributed by atoms with van der Waals surface area (Å²) in [4.78, 5) is 45.3. The minimum Gasteiger partial charge on any atom is -0.448 e. The zero-order valence-electron chi connectivity index (χ0n) is 23.8. The number of nitrogens with two attached hydrogens (primary N) is 1. The van der Waals surface area contributed by atoms with Gasteiger partial charge in [0.15, 0.2) is 34.6 Å². The van der Waals surface area contributed by atoms with Crippen LogP contribution in [0.3, 0.4) is 0 Å². The Balaban J connectivity index is 0.000000179. The molecule has 45 heavy (non-hydrogen) atoms. The predicted octanol–water partition coefficient (Wildman–Crippen LogP) is 4.69. The Morgan fingerprint density at radius 3 is 1.73 bits per heavy atom. The molecular weight excluding hydrogens is 612 g/mol. The molecule has 0 aliphatic carbocycles. The largest absolute Gasteiger partial charge is 0.448 e. The number of fused-ring (bicyclic) bond motifs is 2. The van der Waals surface area contributed by atoms with Crippen LogP contribution in [0.1, 0.15) is 0 Å². The first kappa shape index (κ1) is 31.0. The molecule has 6 rings (SSSR count). The van der Waals surface area contributed by atoms with Gasteiger partial charge < -0.3 is 15.2 Å². The number of anilines is 1. The highest BCUT2D eigenvalue weighted by molar-refractivity contribution is 7.94. The van der Waals surface area contributed by atoms with E-state index in [4.69, 9.17) is 19.5 Å². The van der Waals surface area contributed by atoms with Gasteiger partial charge in [-0.3, -0.25) is 18.7 Å². The van der Waals surface area contributed by atoms with Crippen molar-refractivity contribution < 1.29 is 27.5 Å². The number of rotatable bonds is 7. The van der Waals surface area contributed by atoms with E-state index in [1.807, 2.05) is 0 Å². The number of pyridine rings is 2. The Morgan fingerprint density at radius 2 is 1.22 bits per heavy atom. The van der Waals surface area contributed by atoms with E-state index in [1.165, 1.54) is 91.3 Å². The van der Waals surface area contributed by atoms with Crippen molar-refractivity contribution in [1.82, 2.24) is 29.1 Å². The monoisotopic (exact) mass is 635 g/mol. The predicted molar refractivity (Wildman–Crippen MR) is 161 cm³/mol. The van der Waals surface area contributed by atoms with Crippen LogP contribution in [0.25, 0.3) is 22.1 Å². The average Bonchev–Trinajstić information content (AvgIpc) is 3.04. The first-order valence-electron chi connectivity index (χ1n) is 12.9. The minimum atomic E-state index is -0.556. The van der Waals surface area contributed by atoms with Gasteiger partial charge in [-0.2, -0.15) is 9.32 Å². The van der Waals surface area contributed by atoms with E-state index in [0.29, 0.717) is 22.1 Å². The summed E-state index contributed by atoms with van der Waals surface area (Å²) < 4.78 is 45.3. The Bertz CT molecular complexity index is 2140. The van der Waals surface area contributed by atoms with Crippen LogP contribution < -0.4 is 26.3 Å². The number of para-hydroxylation sites is 2. The second-order valence-electron chi connectivity index (χ2n) is 9.07. The zero-order chi connectivity index (χ0) is 32.1. The van der Waals surface area contributed by atoms with Crippen molar-refractivity contribution in [3.05, 3.63) is 105 Å². The second kappa shape index (κ2) is 13.5. The molecule has 0 atom stereocenters. The van der Waals surface area contributed by atoms with Gasteiger partial charge >= 0.3 is 0 Å². The maximum absolute atomic E-state index is 13.7. The highest BCUT2D eigenvalue weighted by atomic mass is 32.2. The average molecular weight is 636 g/mol. The van der Waals surface area contributed by atoms with Crippen LogP contribution in [-0.2, 0) is 23.3 Å². The summed E-state index contributed by atoms with van der Waals surface area (Å²) in [5, 5.41) is 1.41. The third-order valence-corrected chi connectivity index (χ3v) is 6.67. The summed E-state index contributed by atoms with van der Waals surface area (Å²) in [6, 6.07) is 14.6. The minimum absolute atomic E-state index is 0.0107. The molecule has 230 valence electrons. The smallest absolute Gasteiger partial charge is 0.294 e. The van der Waals surface area contributed by atoms with Crippen LogP contribution in [0.2, 0.25) is 0 Å². The van der Waals surface area contributed by atoms with Crippen LogP contribution in [0, 0.1) is 11.6 Å². The second-order valence-corrected chi connectivity index (χ2v) is 9.74. The van der Waals surface area contributed by atoms with Crippen LogP contribution in [-0.4, -0.2) is 36.2 Å². The van der Waals surface area contributed by atoms with Gasteiger partial charge in [-0.25, -0.2) is 28.6 Å². The molecule has 0 fully saturated rings. The third kappa shape index (κ3) is 6.87.